The van der Waals surface area contributed by atoms with E-state index in [-0.39, 0.29) is 5.91 Å². The fourth-order valence-electron chi connectivity index (χ4n) is 3.21. The number of amides is 1. The fraction of sp³-hybridized carbons (Fsp3) is 0.105. The van der Waals surface area contributed by atoms with Gasteiger partial charge in [0.15, 0.2) is 0 Å². The normalized spacial score (nSPS) is 12.6. The van der Waals surface area contributed by atoms with Gasteiger partial charge in [0.25, 0.3) is 5.91 Å². The number of nitrogens with one attached hydrogen (secondary N) is 1. The van der Waals surface area contributed by atoms with E-state index in [0.29, 0.717) is 0 Å². The van der Waals surface area contributed by atoms with Crippen LogP contribution in [0.25, 0.3) is 10.8 Å². The van der Waals surface area contributed by atoms with E-state index in [0.717, 1.165) is 34.0 Å². The van der Waals surface area contributed by atoms with E-state index in [1.165, 1.54) is 16.5 Å². The molecule has 1 aliphatic rings. The van der Waals surface area contributed by atoms with Gasteiger partial charge in [-0.25, -0.2) is 0 Å². The molecule has 0 bridgehead atoms. The Kier molecular flexibility index (Phi) is 3.23. The van der Waals surface area contributed by atoms with Crippen molar-refractivity contribution >= 4 is 38.3 Å². The maximum absolute atomic E-state index is 12.7. The molecule has 3 aromatic carbocycles. The van der Waals surface area contributed by atoms with Crippen LogP contribution >= 0.6 is 15.9 Å². The third kappa shape index (κ3) is 2.22. The van der Waals surface area contributed by atoms with Gasteiger partial charge in [-0.15, -0.1) is 0 Å². The van der Waals surface area contributed by atoms with Gasteiger partial charge in [-0.05, 0) is 59.0 Å². The third-order valence-corrected chi connectivity index (χ3v) is 4.70. The first-order valence-electron chi connectivity index (χ1n) is 7.33. The molecule has 1 aliphatic carbocycles. The van der Waals surface area contributed by atoms with Crippen molar-refractivity contribution in [1.29, 1.82) is 0 Å². The zero-order valence-corrected chi connectivity index (χ0v) is 13.5. The minimum absolute atomic E-state index is 0.0614. The number of carbonyl (C=O) groups is 1. The van der Waals surface area contributed by atoms with E-state index in [1.54, 1.807) is 0 Å². The molecule has 0 atom stereocenters. The van der Waals surface area contributed by atoms with Crippen LogP contribution in [0, 0.1) is 0 Å². The van der Waals surface area contributed by atoms with Crippen molar-refractivity contribution in [2.45, 2.75) is 12.8 Å². The van der Waals surface area contributed by atoms with Crippen molar-refractivity contribution in [3.05, 3.63) is 75.8 Å². The van der Waals surface area contributed by atoms with Gasteiger partial charge in [0.05, 0.1) is 0 Å². The smallest absolute Gasteiger partial charge is 0.256 e. The van der Waals surface area contributed by atoms with Crippen LogP contribution in [-0.4, -0.2) is 5.91 Å². The summed E-state index contributed by atoms with van der Waals surface area (Å²) in [6.45, 7) is 0. The average molecular weight is 352 g/mol. The van der Waals surface area contributed by atoms with Gasteiger partial charge in [0.2, 0.25) is 0 Å². The molecular weight excluding hydrogens is 338 g/mol. The summed E-state index contributed by atoms with van der Waals surface area (Å²) < 4.78 is 0.950. The van der Waals surface area contributed by atoms with Crippen LogP contribution < -0.4 is 5.32 Å². The van der Waals surface area contributed by atoms with Gasteiger partial charge in [0.1, 0.15) is 0 Å². The number of benzene rings is 3. The number of carbonyl (C=O) groups excluding carboxylic acids is 1. The molecule has 0 aliphatic heterocycles. The first-order valence-corrected chi connectivity index (χ1v) is 8.12. The Morgan fingerprint density at radius 3 is 2.55 bits per heavy atom. The highest BCUT2D eigenvalue weighted by molar-refractivity contribution is 9.10. The lowest BCUT2D eigenvalue weighted by atomic mass is 9.99. The highest BCUT2D eigenvalue weighted by atomic mass is 79.9. The van der Waals surface area contributed by atoms with Crippen molar-refractivity contribution in [3.63, 3.8) is 0 Å². The van der Waals surface area contributed by atoms with E-state index in [2.05, 4.69) is 33.4 Å². The zero-order chi connectivity index (χ0) is 15.1. The molecule has 1 amide bonds. The van der Waals surface area contributed by atoms with Crippen LogP contribution in [0.15, 0.2) is 59.1 Å². The van der Waals surface area contributed by atoms with Crippen LogP contribution in [0.4, 0.5) is 5.69 Å². The van der Waals surface area contributed by atoms with Crippen LogP contribution in [-0.2, 0) is 12.8 Å². The van der Waals surface area contributed by atoms with Crippen molar-refractivity contribution < 1.29 is 4.79 Å². The molecule has 0 heterocycles. The Morgan fingerprint density at radius 1 is 0.955 bits per heavy atom. The number of anilines is 1. The number of rotatable bonds is 2. The molecule has 3 heteroatoms. The lowest BCUT2D eigenvalue weighted by Gasteiger charge is -2.10. The van der Waals surface area contributed by atoms with E-state index >= 15 is 0 Å². The SMILES string of the molecule is O=C(Nc1cccc(Br)c1)c1ccc2c3c(cccc13)CC2. The summed E-state index contributed by atoms with van der Waals surface area (Å²) in [6, 6.07) is 17.9. The molecule has 3 aromatic rings. The van der Waals surface area contributed by atoms with Gasteiger partial charge in [-0.3, -0.25) is 4.79 Å². The Balaban J connectivity index is 1.77. The minimum atomic E-state index is -0.0614. The predicted molar refractivity (Wildman–Crippen MR) is 93.5 cm³/mol. The van der Waals surface area contributed by atoms with E-state index in [1.807, 2.05) is 42.5 Å². The molecule has 4 rings (SSSR count). The summed E-state index contributed by atoms with van der Waals surface area (Å²) in [5.74, 6) is -0.0614. The standard InChI is InChI=1S/C19H14BrNO/c20-14-4-2-5-15(11-14)21-19(22)17-10-9-13-8-7-12-3-1-6-16(17)18(12)13/h1-6,9-11H,7-8H2,(H,21,22). The highest BCUT2D eigenvalue weighted by Crippen LogP contribution is 2.33. The van der Waals surface area contributed by atoms with E-state index in [9.17, 15) is 4.79 Å². The predicted octanol–water partition coefficient (Wildman–Crippen LogP) is 4.95. The van der Waals surface area contributed by atoms with Crippen LogP contribution in [0.1, 0.15) is 21.5 Å². The van der Waals surface area contributed by atoms with E-state index < -0.39 is 0 Å². The quantitative estimate of drug-likeness (QED) is 0.694. The van der Waals surface area contributed by atoms with Gasteiger partial charge >= 0.3 is 0 Å². The Hall–Kier alpha value is -2.13. The second-order valence-electron chi connectivity index (χ2n) is 5.58. The zero-order valence-electron chi connectivity index (χ0n) is 11.9. The summed E-state index contributed by atoms with van der Waals surface area (Å²) in [6.07, 6.45) is 2.15. The first-order chi connectivity index (χ1) is 10.7. The van der Waals surface area contributed by atoms with Crippen molar-refractivity contribution in [2.75, 3.05) is 5.32 Å². The topological polar surface area (TPSA) is 29.1 Å². The van der Waals surface area contributed by atoms with Crippen molar-refractivity contribution in [3.8, 4) is 0 Å². The van der Waals surface area contributed by atoms with E-state index in [4.69, 9.17) is 0 Å². The van der Waals surface area contributed by atoms with Crippen LogP contribution in [0.5, 0.6) is 0 Å². The largest absolute Gasteiger partial charge is 0.322 e. The number of hydrogen-bond acceptors (Lipinski definition) is 1. The molecule has 0 unspecified atom stereocenters. The lowest BCUT2D eigenvalue weighted by molar-refractivity contribution is 0.102. The molecular formula is C19H14BrNO. The number of aryl methyl sites for hydroxylation is 2. The molecule has 2 nitrogen and oxygen atoms in total. The van der Waals surface area contributed by atoms with Gasteiger partial charge in [-0.1, -0.05) is 46.3 Å². The molecule has 0 saturated heterocycles. The molecule has 0 radical (unpaired) electrons. The molecule has 0 saturated carbocycles. The molecule has 0 fully saturated rings. The second kappa shape index (κ2) is 5.25. The fourth-order valence-corrected chi connectivity index (χ4v) is 3.61. The minimum Gasteiger partial charge on any atom is -0.322 e. The molecule has 22 heavy (non-hydrogen) atoms. The Bertz CT molecular complexity index is 891. The van der Waals surface area contributed by atoms with Crippen LogP contribution in [0.2, 0.25) is 0 Å². The number of hydrogen-bond donors (Lipinski definition) is 1. The molecule has 1 N–H and O–H groups in total. The summed E-state index contributed by atoms with van der Waals surface area (Å²) in [5.41, 5.74) is 4.24. The molecule has 0 aromatic heterocycles. The van der Waals surface area contributed by atoms with Crippen molar-refractivity contribution in [1.82, 2.24) is 0 Å². The monoisotopic (exact) mass is 351 g/mol. The third-order valence-electron chi connectivity index (χ3n) is 4.20. The van der Waals surface area contributed by atoms with Crippen LogP contribution in [0.3, 0.4) is 0 Å². The summed E-state index contributed by atoms with van der Waals surface area (Å²) in [7, 11) is 0. The van der Waals surface area contributed by atoms with Gasteiger partial charge < -0.3 is 5.32 Å². The summed E-state index contributed by atoms with van der Waals surface area (Å²) in [5, 5.41) is 5.31. The maximum atomic E-state index is 12.7. The van der Waals surface area contributed by atoms with Crippen molar-refractivity contribution in [2.24, 2.45) is 0 Å². The van der Waals surface area contributed by atoms with Gasteiger partial charge in [-0.2, -0.15) is 0 Å². The first kappa shape index (κ1) is 13.5. The Morgan fingerprint density at radius 2 is 1.73 bits per heavy atom. The highest BCUT2D eigenvalue weighted by Gasteiger charge is 2.18. The Labute approximate surface area is 137 Å². The summed E-state index contributed by atoms with van der Waals surface area (Å²) in [4.78, 5) is 12.7. The lowest BCUT2D eigenvalue weighted by Crippen LogP contribution is -2.12. The second-order valence-corrected chi connectivity index (χ2v) is 6.49. The molecule has 108 valence electrons. The molecule has 0 spiro atoms. The maximum Gasteiger partial charge on any atom is 0.256 e. The van der Waals surface area contributed by atoms with Gasteiger partial charge in [0, 0.05) is 15.7 Å². The number of halogens is 1. The summed E-state index contributed by atoms with van der Waals surface area (Å²) >= 11 is 3.42. The average Bonchev–Trinajstić information content (AvgIpc) is 2.93.